The molecule has 0 spiro atoms. The molecule has 0 fully saturated rings. The highest BCUT2D eigenvalue weighted by molar-refractivity contribution is 6.52. The van der Waals surface area contributed by atoms with Crippen LogP contribution < -0.4 is 15.0 Å². The number of anilines is 1. The molecule has 0 aromatic heterocycles. The lowest BCUT2D eigenvalue weighted by atomic mass is 10.1. The number of nitrogens with one attached hydrogen (secondary N) is 1. The molecule has 0 unspecified atom stereocenters. The van der Waals surface area contributed by atoms with Gasteiger partial charge in [-0.05, 0) is 19.2 Å². The third-order valence-corrected chi connectivity index (χ3v) is 2.76. The first-order valence-corrected chi connectivity index (χ1v) is 5.38. The van der Waals surface area contributed by atoms with E-state index >= 15 is 0 Å². The van der Waals surface area contributed by atoms with Gasteiger partial charge in [0.05, 0.1) is 18.4 Å². The quantitative estimate of drug-likeness (QED) is 0.768. The van der Waals surface area contributed by atoms with Crippen LogP contribution in [0.25, 0.3) is 0 Å². The normalized spacial score (nSPS) is 14.1. The number of carbonyl (C=O) groups is 2. The van der Waals surface area contributed by atoms with E-state index in [0.29, 0.717) is 30.1 Å². The lowest BCUT2D eigenvalue weighted by Crippen LogP contribution is -2.35. The maximum atomic E-state index is 11.8. The van der Waals surface area contributed by atoms with Crippen molar-refractivity contribution in [1.29, 1.82) is 0 Å². The number of para-hydroxylation sites is 1. The van der Waals surface area contributed by atoms with Crippen molar-refractivity contribution in [2.45, 2.75) is 0 Å². The van der Waals surface area contributed by atoms with E-state index in [1.807, 2.05) is 0 Å². The Hall–Kier alpha value is -1.88. The maximum absolute atomic E-state index is 11.8. The second-order valence-corrected chi connectivity index (χ2v) is 3.75. The average Bonchev–Trinajstić information content (AvgIpc) is 2.60. The summed E-state index contributed by atoms with van der Waals surface area (Å²) in [5.74, 6) is -0.396. The molecule has 0 atom stereocenters. The molecule has 2 rings (SSSR count). The van der Waals surface area contributed by atoms with Crippen LogP contribution in [-0.4, -0.2) is 38.9 Å². The first-order valence-electron chi connectivity index (χ1n) is 5.38. The highest BCUT2D eigenvalue weighted by Crippen LogP contribution is 2.37. The number of fused-ring (bicyclic) bond motifs is 1. The number of ether oxygens (including phenoxy) is 1. The zero-order valence-electron chi connectivity index (χ0n) is 9.82. The molecule has 5 heteroatoms. The van der Waals surface area contributed by atoms with Crippen molar-refractivity contribution in [3.8, 4) is 5.75 Å². The molecular weight excluding hydrogens is 220 g/mol. The molecule has 17 heavy (non-hydrogen) atoms. The maximum Gasteiger partial charge on any atom is 0.299 e. The Balaban J connectivity index is 2.45. The van der Waals surface area contributed by atoms with Crippen molar-refractivity contribution < 1.29 is 14.3 Å². The average molecular weight is 234 g/mol. The second-order valence-electron chi connectivity index (χ2n) is 3.75. The fraction of sp³-hybridized carbons (Fsp3) is 0.333. The van der Waals surface area contributed by atoms with E-state index in [9.17, 15) is 9.59 Å². The number of hydrogen-bond acceptors (Lipinski definition) is 4. The highest BCUT2D eigenvalue weighted by atomic mass is 16.5. The molecule has 1 aromatic rings. The number of ketones is 1. The summed E-state index contributed by atoms with van der Waals surface area (Å²) in [7, 11) is 3.32. The number of methoxy groups -OCH3 is 1. The van der Waals surface area contributed by atoms with Gasteiger partial charge in [-0.1, -0.05) is 6.07 Å². The summed E-state index contributed by atoms with van der Waals surface area (Å²) in [5, 5.41) is 2.95. The third kappa shape index (κ3) is 1.78. The van der Waals surface area contributed by atoms with E-state index in [2.05, 4.69) is 5.32 Å². The number of Topliss-reactive ketones (excluding diaryl/α,β-unsaturated/α-hetero) is 1. The van der Waals surface area contributed by atoms with Gasteiger partial charge in [-0.15, -0.1) is 0 Å². The van der Waals surface area contributed by atoms with Crippen LogP contribution in [0.2, 0.25) is 0 Å². The van der Waals surface area contributed by atoms with E-state index in [1.54, 1.807) is 25.2 Å². The van der Waals surface area contributed by atoms with Gasteiger partial charge >= 0.3 is 0 Å². The van der Waals surface area contributed by atoms with Crippen molar-refractivity contribution >= 4 is 17.4 Å². The predicted octanol–water partition coefficient (Wildman–Crippen LogP) is 0.444. The zero-order valence-corrected chi connectivity index (χ0v) is 9.82. The van der Waals surface area contributed by atoms with Gasteiger partial charge in [0, 0.05) is 13.1 Å². The molecule has 0 bridgehead atoms. The number of carbonyl (C=O) groups excluding carboxylic acids is 2. The Morgan fingerprint density at radius 1 is 1.35 bits per heavy atom. The Morgan fingerprint density at radius 2 is 2.12 bits per heavy atom. The number of benzene rings is 1. The minimum atomic E-state index is -0.486. The zero-order chi connectivity index (χ0) is 12.4. The van der Waals surface area contributed by atoms with Crippen LogP contribution in [-0.2, 0) is 4.79 Å². The summed E-state index contributed by atoms with van der Waals surface area (Å²) in [4.78, 5) is 25.1. The van der Waals surface area contributed by atoms with Gasteiger partial charge < -0.3 is 15.0 Å². The number of hydrogen-bond donors (Lipinski definition) is 1. The Bertz CT molecular complexity index is 471. The molecule has 0 radical (unpaired) electrons. The number of nitrogens with zero attached hydrogens (tertiary/aromatic N) is 1. The minimum Gasteiger partial charge on any atom is -0.495 e. The van der Waals surface area contributed by atoms with Crippen molar-refractivity contribution in [3.63, 3.8) is 0 Å². The van der Waals surface area contributed by atoms with Gasteiger partial charge in [0.1, 0.15) is 5.75 Å². The van der Waals surface area contributed by atoms with E-state index in [4.69, 9.17) is 4.74 Å². The van der Waals surface area contributed by atoms with Crippen LogP contribution in [0.3, 0.4) is 0 Å². The van der Waals surface area contributed by atoms with Crippen LogP contribution in [0.15, 0.2) is 18.2 Å². The summed E-state index contributed by atoms with van der Waals surface area (Å²) in [6, 6.07) is 5.11. The van der Waals surface area contributed by atoms with E-state index in [0.717, 1.165) is 0 Å². The van der Waals surface area contributed by atoms with Crippen LogP contribution in [0.5, 0.6) is 5.75 Å². The first kappa shape index (κ1) is 11.6. The van der Waals surface area contributed by atoms with Gasteiger partial charge in [-0.3, -0.25) is 9.59 Å². The SMILES string of the molecule is CNCCN1C(=O)C(=O)c2cccc(OC)c21. The molecule has 0 aliphatic carbocycles. The lowest BCUT2D eigenvalue weighted by molar-refractivity contribution is -0.114. The first-order chi connectivity index (χ1) is 8.20. The van der Waals surface area contributed by atoms with Crippen molar-refractivity contribution in [3.05, 3.63) is 23.8 Å². The standard InChI is InChI=1S/C12H14N2O3/c1-13-6-7-14-10-8(11(15)12(14)16)4-3-5-9(10)17-2/h3-5,13H,6-7H2,1-2H3. The van der Waals surface area contributed by atoms with Gasteiger partial charge in [-0.25, -0.2) is 0 Å². The summed E-state index contributed by atoms with van der Waals surface area (Å²) in [6.07, 6.45) is 0. The Morgan fingerprint density at radius 3 is 2.76 bits per heavy atom. The van der Waals surface area contributed by atoms with E-state index in [-0.39, 0.29) is 0 Å². The smallest absolute Gasteiger partial charge is 0.299 e. The fourth-order valence-corrected chi connectivity index (χ4v) is 1.92. The predicted molar refractivity (Wildman–Crippen MR) is 63.6 cm³/mol. The minimum absolute atomic E-state index is 0.422. The topological polar surface area (TPSA) is 58.6 Å². The monoisotopic (exact) mass is 234 g/mol. The van der Waals surface area contributed by atoms with Crippen LogP contribution in [0, 0.1) is 0 Å². The molecule has 1 aromatic carbocycles. The summed E-state index contributed by atoms with van der Waals surface area (Å²) in [6.45, 7) is 1.07. The molecular formula is C12H14N2O3. The van der Waals surface area contributed by atoms with Gasteiger partial charge in [0.2, 0.25) is 0 Å². The van der Waals surface area contributed by atoms with E-state index in [1.165, 1.54) is 12.0 Å². The number of rotatable bonds is 4. The molecule has 0 saturated carbocycles. The number of amides is 1. The molecule has 1 aliphatic rings. The molecule has 1 heterocycles. The molecule has 0 saturated heterocycles. The van der Waals surface area contributed by atoms with Crippen LogP contribution in [0.1, 0.15) is 10.4 Å². The number of likely N-dealkylation sites (N-methyl/N-ethyl adjacent to an activating group) is 1. The lowest BCUT2D eigenvalue weighted by Gasteiger charge is -2.18. The summed E-state index contributed by atoms with van der Waals surface area (Å²) >= 11 is 0. The fourth-order valence-electron chi connectivity index (χ4n) is 1.92. The molecule has 90 valence electrons. The summed E-state index contributed by atoms with van der Waals surface area (Å²) < 4.78 is 5.20. The van der Waals surface area contributed by atoms with Gasteiger partial charge in [0.15, 0.2) is 0 Å². The third-order valence-electron chi connectivity index (χ3n) is 2.76. The Labute approximate surface area is 99.4 Å². The molecule has 1 N–H and O–H groups in total. The second kappa shape index (κ2) is 4.55. The van der Waals surface area contributed by atoms with Crippen molar-refractivity contribution in [2.24, 2.45) is 0 Å². The highest BCUT2D eigenvalue weighted by Gasteiger charge is 2.37. The summed E-state index contributed by atoms with van der Waals surface area (Å²) in [5.41, 5.74) is 1.01. The van der Waals surface area contributed by atoms with Crippen molar-refractivity contribution in [2.75, 3.05) is 32.1 Å². The van der Waals surface area contributed by atoms with E-state index < -0.39 is 11.7 Å². The van der Waals surface area contributed by atoms with Gasteiger partial charge in [-0.2, -0.15) is 0 Å². The molecule has 5 nitrogen and oxygen atoms in total. The van der Waals surface area contributed by atoms with Crippen molar-refractivity contribution in [1.82, 2.24) is 5.32 Å². The van der Waals surface area contributed by atoms with Crippen LogP contribution >= 0.6 is 0 Å². The van der Waals surface area contributed by atoms with Gasteiger partial charge in [0.25, 0.3) is 11.7 Å². The Kier molecular flexibility index (Phi) is 3.10. The van der Waals surface area contributed by atoms with Crippen LogP contribution in [0.4, 0.5) is 5.69 Å². The largest absolute Gasteiger partial charge is 0.495 e. The molecule has 1 amide bonds. The molecule has 1 aliphatic heterocycles.